The SMILES string of the molecule is CCCC(=O)OC1C(NC(=O)C[C@H](OC(=O)CCC)C(C)CC(C)(C)C)C(OCC2OC(O)C(NC(=O)C[C@H](O)C(C)CC)C(OC(=O)C[C@@H](C)O)C2O)OC(CO)C1OP(=O)(O)O. The highest BCUT2D eigenvalue weighted by Gasteiger charge is 2.54. The first-order valence-corrected chi connectivity index (χ1v) is 23.4. The van der Waals surface area contributed by atoms with Crippen molar-refractivity contribution in [2.45, 2.75) is 200 Å². The highest BCUT2D eigenvalue weighted by Crippen LogP contribution is 2.42. The van der Waals surface area contributed by atoms with Gasteiger partial charge in [0.05, 0.1) is 44.7 Å². The molecule has 2 amide bonds. The van der Waals surface area contributed by atoms with E-state index in [9.17, 15) is 63.9 Å². The fraction of sp³-hybridized carbons (Fsp3) is 0.878. The van der Waals surface area contributed by atoms with Crippen LogP contribution in [0.3, 0.4) is 0 Å². The van der Waals surface area contributed by atoms with Crippen molar-refractivity contribution in [2.24, 2.45) is 17.3 Å². The molecule has 15 atom stereocenters. The number of phosphoric acid groups is 1. The Labute approximate surface area is 374 Å². The van der Waals surface area contributed by atoms with Gasteiger partial charge in [-0.15, -0.1) is 0 Å². The lowest BCUT2D eigenvalue weighted by Gasteiger charge is -2.46. The smallest absolute Gasteiger partial charge is 0.462 e. The lowest BCUT2D eigenvalue weighted by Crippen LogP contribution is -2.68. The number of aliphatic hydroxyl groups excluding tert-OH is 5. The summed E-state index contributed by atoms with van der Waals surface area (Å²) < 4.78 is 51.6. The summed E-state index contributed by atoms with van der Waals surface area (Å²) in [6, 6.07) is -3.31. The Balaban J connectivity index is 2.59. The van der Waals surface area contributed by atoms with Gasteiger partial charge in [-0.25, -0.2) is 4.57 Å². The minimum atomic E-state index is -5.43. The third kappa shape index (κ3) is 19.2. The van der Waals surface area contributed by atoms with Crippen LogP contribution in [-0.2, 0) is 61.5 Å². The monoisotopic (exact) mass is 944 g/mol. The fourth-order valence-electron chi connectivity index (χ4n) is 7.41. The number of aliphatic hydroxyl groups is 5. The quantitative estimate of drug-likeness (QED) is 0.0344. The van der Waals surface area contributed by atoms with Gasteiger partial charge in [0, 0.05) is 12.8 Å². The maximum atomic E-state index is 14.0. The summed E-state index contributed by atoms with van der Waals surface area (Å²) in [5, 5.41) is 58.4. The molecular weight excluding hydrogens is 871 g/mol. The molecule has 64 heavy (non-hydrogen) atoms. The van der Waals surface area contributed by atoms with E-state index in [4.69, 9.17) is 32.9 Å². The molecule has 2 rings (SSSR count). The second kappa shape index (κ2) is 26.5. The first-order chi connectivity index (χ1) is 29.7. The van der Waals surface area contributed by atoms with E-state index in [2.05, 4.69) is 10.6 Å². The lowest BCUT2D eigenvalue weighted by molar-refractivity contribution is -0.298. The van der Waals surface area contributed by atoms with Crippen LogP contribution in [0.5, 0.6) is 0 Å². The van der Waals surface area contributed by atoms with Crippen LogP contribution in [-0.4, -0.2) is 158 Å². The van der Waals surface area contributed by atoms with Gasteiger partial charge in [0.25, 0.3) is 0 Å². The molecule has 0 radical (unpaired) electrons. The van der Waals surface area contributed by atoms with E-state index < -0.39 is 150 Å². The van der Waals surface area contributed by atoms with Crippen LogP contribution in [0.1, 0.15) is 120 Å². The maximum absolute atomic E-state index is 14.0. The van der Waals surface area contributed by atoms with Crippen LogP contribution in [0.4, 0.5) is 0 Å². The molecule has 0 aromatic carbocycles. The second-order valence-electron chi connectivity index (χ2n) is 18.0. The average Bonchev–Trinajstić information content (AvgIpc) is 3.16. The average molecular weight is 945 g/mol. The summed E-state index contributed by atoms with van der Waals surface area (Å²) in [7, 11) is -5.43. The van der Waals surface area contributed by atoms with E-state index in [1.807, 2.05) is 27.7 Å². The first-order valence-electron chi connectivity index (χ1n) is 21.9. The predicted molar refractivity (Wildman–Crippen MR) is 223 cm³/mol. The molecule has 0 aromatic rings. The minimum Gasteiger partial charge on any atom is -0.462 e. The van der Waals surface area contributed by atoms with Crippen molar-refractivity contribution in [2.75, 3.05) is 13.2 Å². The number of carbonyl (C=O) groups is 5. The van der Waals surface area contributed by atoms with Crippen LogP contribution in [0.15, 0.2) is 0 Å². The molecule has 0 aromatic heterocycles. The number of ether oxygens (including phenoxy) is 6. The van der Waals surface area contributed by atoms with Crippen molar-refractivity contribution in [3.05, 3.63) is 0 Å². The number of esters is 3. The molecule has 0 spiro atoms. The van der Waals surface area contributed by atoms with Crippen LogP contribution >= 0.6 is 7.82 Å². The Morgan fingerprint density at radius 1 is 0.750 bits per heavy atom. The van der Waals surface area contributed by atoms with E-state index in [-0.39, 0.29) is 36.5 Å². The van der Waals surface area contributed by atoms with Gasteiger partial charge < -0.3 is 74.4 Å². The molecule has 372 valence electrons. The molecule has 2 saturated heterocycles. The van der Waals surface area contributed by atoms with Crippen molar-refractivity contribution in [3.8, 4) is 0 Å². The first kappa shape index (κ1) is 57.3. The molecule has 23 heteroatoms. The highest BCUT2D eigenvalue weighted by atomic mass is 31.2. The molecule has 0 aliphatic carbocycles. The second-order valence-corrected chi connectivity index (χ2v) is 19.1. The van der Waals surface area contributed by atoms with E-state index >= 15 is 0 Å². The van der Waals surface area contributed by atoms with Crippen LogP contribution in [0.25, 0.3) is 0 Å². The van der Waals surface area contributed by atoms with E-state index in [0.717, 1.165) is 0 Å². The van der Waals surface area contributed by atoms with Gasteiger partial charge in [-0.2, -0.15) is 0 Å². The number of amides is 2. The summed E-state index contributed by atoms with van der Waals surface area (Å²) >= 11 is 0. The van der Waals surface area contributed by atoms with Gasteiger partial charge >= 0.3 is 25.7 Å². The molecule has 2 aliphatic heterocycles. The third-order valence-corrected chi connectivity index (χ3v) is 11.2. The fourth-order valence-corrected chi connectivity index (χ4v) is 7.98. The van der Waals surface area contributed by atoms with Gasteiger partial charge in [-0.1, -0.05) is 61.8 Å². The standard InChI is InChI=1S/C41H73N2O20P/c1-10-13-30(49)58-25(22(5)18-41(7,8)9)17-29(48)43-34-38(61-31(50)14-11-2)36(63-64(54,55)56)26(19-44)60-40(34)57-20-27-35(52)37(62-32(51)15-23(6)45)33(39(53)59-27)42-28(47)16-24(46)21(4)12-3/h21-27,33-40,44-46,52-53H,10-20H2,1-9H3,(H,42,47)(H,43,48)(H2,54,55,56)/t21?,22?,23-,24+,25+,26?,27?,33?,34?,35?,36?,37?,38?,39?,40?/m1/s1. The molecule has 22 nitrogen and oxygen atoms in total. The topological polar surface area (TPSA) is 333 Å². The zero-order chi connectivity index (χ0) is 48.7. The Morgan fingerprint density at radius 3 is 1.88 bits per heavy atom. The zero-order valence-electron chi connectivity index (χ0n) is 38.3. The summed E-state index contributed by atoms with van der Waals surface area (Å²) in [5.74, 6) is -4.72. The van der Waals surface area contributed by atoms with Crippen molar-refractivity contribution in [1.29, 1.82) is 0 Å². The summed E-state index contributed by atoms with van der Waals surface area (Å²) in [6.07, 6.45) is -17.5. The Kier molecular flexibility index (Phi) is 23.7. The van der Waals surface area contributed by atoms with Crippen molar-refractivity contribution < 1.29 is 96.8 Å². The normalized spacial score (nSPS) is 28.8. The van der Waals surface area contributed by atoms with Gasteiger partial charge in [0.15, 0.2) is 24.8 Å². The van der Waals surface area contributed by atoms with Crippen LogP contribution in [0, 0.1) is 17.3 Å². The number of phosphoric ester groups is 1. The highest BCUT2D eigenvalue weighted by molar-refractivity contribution is 7.46. The molecule has 0 bridgehead atoms. The Hall–Kier alpha value is -2.86. The molecule has 2 heterocycles. The largest absolute Gasteiger partial charge is 0.470 e. The van der Waals surface area contributed by atoms with E-state index in [1.165, 1.54) is 6.92 Å². The summed E-state index contributed by atoms with van der Waals surface area (Å²) in [5.41, 5.74) is -0.248. The van der Waals surface area contributed by atoms with Crippen LogP contribution < -0.4 is 10.6 Å². The maximum Gasteiger partial charge on any atom is 0.470 e. The Morgan fingerprint density at radius 2 is 1.33 bits per heavy atom. The number of nitrogens with one attached hydrogen (secondary N) is 2. The van der Waals surface area contributed by atoms with E-state index in [0.29, 0.717) is 19.3 Å². The molecule has 0 saturated carbocycles. The zero-order valence-corrected chi connectivity index (χ0v) is 39.2. The molecule has 2 fully saturated rings. The predicted octanol–water partition coefficient (Wildman–Crippen LogP) is 0.612. The Bertz CT molecular complexity index is 1540. The van der Waals surface area contributed by atoms with Crippen molar-refractivity contribution in [1.82, 2.24) is 10.6 Å². The van der Waals surface area contributed by atoms with Gasteiger partial charge in [0.2, 0.25) is 11.8 Å². The lowest BCUT2D eigenvalue weighted by atomic mass is 9.82. The number of rotatable bonds is 25. The van der Waals surface area contributed by atoms with Gasteiger partial charge in [-0.3, -0.25) is 28.5 Å². The molecular formula is C41H73N2O20P. The number of carbonyl (C=O) groups excluding carboxylic acids is 5. The van der Waals surface area contributed by atoms with Gasteiger partial charge in [0.1, 0.15) is 42.6 Å². The minimum absolute atomic E-state index is 0.0744. The molecule has 12 unspecified atom stereocenters. The molecule has 2 aliphatic rings. The van der Waals surface area contributed by atoms with E-state index in [1.54, 1.807) is 27.7 Å². The third-order valence-electron chi connectivity index (χ3n) is 10.7. The van der Waals surface area contributed by atoms with Crippen LogP contribution in [0.2, 0.25) is 0 Å². The van der Waals surface area contributed by atoms with Crippen molar-refractivity contribution >= 4 is 37.5 Å². The molecule has 9 N–H and O–H groups in total. The van der Waals surface area contributed by atoms with Crippen molar-refractivity contribution in [3.63, 3.8) is 0 Å². The van der Waals surface area contributed by atoms with Gasteiger partial charge in [-0.05, 0) is 43.4 Å². The number of hydrogen-bond donors (Lipinski definition) is 9. The summed E-state index contributed by atoms with van der Waals surface area (Å²) in [6.45, 7) is 14.2. The number of hydrogen-bond acceptors (Lipinski definition) is 18. The summed E-state index contributed by atoms with van der Waals surface area (Å²) in [4.78, 5) is 85.3.